The Morgan fingerprint density at radius 2 is 2.00 bits per heavy atom. The predicted octanol–water partition coefficient (Wildman–Crippen LogP) is 3.67. The maximum atomic E-state index is 4.55. The molecule has 0 bridgehead atoms. The number of hydrogen-bond donors (Lipinski definition) is 1. The number of halogens is 1. The van der Waals surface area contributed by atoms with E-state index in [1.165, 1.54) is 10.9 Å². The van der Waals surface area contributed by atoms with Gasteiger partial charge in [0.25, 0.3) is 0 Å². The lowest BCUT2D eigenvalue weighted by atomic mass is 10.0. The highest BCUT2D eigenvalue weighted by molar-refractivity contribution is 9.10. The second-order valence-corrected chi connectivity index (χ2v) is 6.95. The lowest BCUT2D eigenvalue weighted by Crippen LogP contribution is -2.41. The molecular weight excluding hydrogens is 326 g/mol. The SMILES string of the molecule is CC(C)C(CN(C)C)NCc1ccc(Br)c2cccnc12. The van der Waals surface area contributed by atoms with Crippen LogP contribution in [0.3, 0.4) is 0 Å². The summed E-state index contributed by atoms with van der Waals surface area (Å²) in [5.74, 6) is 0.599. The van der Waals surface area contributed by atoms with E-state index in [1.807, 2.05) is 12.3 Å². The minimum absolute atomic E-state index is 0.474. The summed E-state index contributed by atoms with van der Waals surface area (Å²) in [5, 5.41) is 4.85. The highest BCUT2D eigenvalue weighted by Crippen LogP contribution is 2.25. The Kier molecular flexibility index (Phi) is 5.73. The van der Waals surface area contributed by atoms with Crippen LogP contribution in [0, 0.1) is 5.92 Å². The predicted molar refractivity (Wildman–Crippen MR) is 93.5 cm³/mol. The molecule has 0 fully saturated rings. The molecule has 4 heteroatoms. The van der Waals surface area contributed by atoms with Gasteiger partial charge in [-0.05, 0) is 37.7 Å². The monoisotopic (exact) mass is 349 g/mol. The van der Waals surface area contributed by atoms with E-state index in [9.17, 15) is 0 Å². The Morgan fingerprint density at radius 1 is 1.24 bits per heavy atom. The van der Waals surface area contributed by atoms with E-state index in [4.69, 9.17) is 0 Å². The minimum atomic E-state index is 0.474. The summed E-state index contributed by atoms with van der Waals surface area (Å²) in [6.45, 7) is 6.41. The van der Waals surface area contributed by atoms with Crippen LogP contribution in [0.25, 0.3) is 10.9 Å². The van der Waals surface area contributed by atoms with Gasteiger partial charge in [-0.2, -0.15) is 0 Å². The topological polar surface area (TPSA) is 28.2 Å². The first-order valence-electron chi connectivity index (χ1n) is 7.39. The van der Waals surface area contributed by atoms with Crippen LogP contribution in [0.15, 0.2) is 34.9 Å². The van der Waals surface area contributed by atoms with Gasteiger partial charge in [0.2, 0.25) is 0 Å². The number of benzene rings is 1. The van der Waals surface area contributed by atoms with E-state index < -0.39 is 0 Å². The zero-order valence-corrected chi connectivity index (χ0v) is 14.8. The molecule has 0 aliphatic rings. The fourth-order valence-electron chi connectivity index (χ4n) is 2.48. The van der Waals surface area contributed by atoms with Crippen LogP contribution in [-0.4, -0.2) is 36.6 Å². The first-order valence-corrected chi connectivity index (χ1v) is 8.18. The smallest absolute Gasteiger partial charge is 0.0758 e. The minimum Gasteiger partial charge on any atom is -0.308 e. The fourth-order valence-corrected chi connectivity index (χ4v) is 2.94. The number of likely N-dealkylation sites (N-methyl/N-ethyl adjacent to an activating group) is 1. The second-order valence-electron chi connectivity index (χ2n) is 6.10. The van der Waals surface area contributed by atoms with Gasteiger partial charge >= 0.3 is 0 Å². The van der Waals surface area contributed by atoms with E-state index >= 15 is 0 Å². The first-order chi connectivity index (χ1) is 9.99. The standard InChI is InChI=1S/C17H24BrN3/c1-12(2)16(11-21(3)4)20-10-13-7-8-15(18)14-6-5-9-19-17(13)14/h5-9,12,16,20H,10-11H2,1-4H3. The average molecular weight is 350 g/mol. The van der Waals surface area contributed by atoms with Crippen LogP contribution in [0.1, 0.15) is 19.4 Å². The molecule has 1 heterocycles. The van der Waals surface area contributed by atoms with Gasteiger partial charge in [0.1, 0.15) is 0 Å². The summed E-state index contributed by atoms with van der Waals surface area (Å²) in [6.07, 6.45) is 1.86. The molecule has 114 valence electrons. The van der Waals surface area contributed by atoms with Crippen molar-refractivity contribution < 1.29 is 0 Å². The highest BCUT2D eigenvalue weighted by atomic mass is 79.9. The average Bonchev–Trinajstić information content (AvgIpc) is 2.45. The number of nitrogens with zero attached hydrogens (tertiary/aromatic N) is 2. The van der Waals surface area contributed by atoms with E-state index in [2.05, 4.69) is 77.3 Å². The number of aromatic nitrogens is 1. The number of hydrogen-bond acceptors (Lipinski definition) is 3. The normalized spacial score (nSPS) is 13.3. The van der Waals surface area contributed by atoms with Crippen LogP contribution in [0.5, 0.6) is 0 Å². The molecule has 1 N–H and O–H groups in total. The van der Waals surface area contributed by atoms with Crippen molar-refractivity contribution in [3.63, 3.8) is 0 Å². The molecule has 0 aliphatic heterocycles. The van der Waals surface area contributed by atoms with E-state index in [0.29, 0.717) is 12.0 Å². The van der Waals surface area contributed by atoms with Gasteiger partial charge in [-0.25, -0.2) is 0 Å². The summed E-state index contributed by atoms with van der Waals surface area (Å²) in [6, 6.07) is 8.82. The molecule has 1 atom stereocenters. The molecule has 2 aromatic rings. The lowest BCUT2D eigenvalue weighted by Gasteiger charge is -2.26. The third-order valence-corrected chi connectivity index (χ3v) is 4.41. The molecule has 2 rings (SSSR count). The molecule has 0 spiro atoms. The number of fused-ring (bicyclic) bond motifs is 1. The van der Waals surface area contributed by atoms with E-state index in [1.54, 1.807) is 0 Å². The quantitative estimate of drug-likeness (QED) is 0.862. The Bertz CT molecular complexity index is 596. The molecule has 0 amide bonds. The maximum Gasteiger partial charge on any atom is 0.0758 e. The van der Waals surface area contributed by atoms with Crippen molar-refractivity contribution in [2.24, 2.45) is 5.92 Å². The molecule has 1 aromatic heterocycles. The zero-order valence-electron chi connectivity index (χ0n) is 13.2. The van der Waals surface area contributed by atoms with Crippen molar-refractivity contribution in [2.75, 3.05) is 20.6 Å². The number of rotatable bonds is 6. The van der Waals surface area contributed by atoms with Crippen molar-refractivity contribution >= 4 is 26.8 Å². The Hall–Kier alpha value is -0.970. The van der Waals surface area contributed by atoms with Crippen molar-refractivity contribution in [2.45, 2.75) is 26.4 Å². The maximum absolute atomic E-state index is 4.55. The Balaban J connectivity index is 2.18. The Labute approximate surface area is 135 Å². The lowest BCUT2D eigenvalue weighted by molar-refractivity contribution is 0.288. The largest absolute Gasteiger partial charge is 0.308 e. The molecular formula is C17H24BrN3. The number of nitrogens with one attached hydrogen (secondary N) is 1. The van der Waals surface area contributed by atoms with Gasteiger partial charge in [-0.1, -0.05) is 41.9 Å². The van der Waals surface area contributed by atoms with Crippen LogP contribution in [-0.2, 0) is 6.54 Å². The zero-order chi connectivity index (χ0) is 15.4. The Morgan fingerprint density at radius 3 is 2.67 bits per heavy atom. The summed E-state index contributed by atoms with van der Waals surface area (Å²) >= 11 is 3.60. The summed E-state index contributed by atoms with van der Waals surface area (Å²) in [4.78, 5) is 6.78. The highest BCUT2D eigenvalue weighted by Gasteiger charge is 2.14. The molecule has 1 aromatic carbocycles. The molecule has 1 unspecified atom stereocenters. The molecule has 21 heavy (non-hydrogen) atoms. The molecule has 0 radical (unpaired) electrons. The van der Waals surface area contributed by atoms with Gasteiger partial charge in [-0.3, -0.25) is 4.98 Å². The summed E-state index contributed by atoms with van der Waals surface area (Å²) < 4.78 is 1.10. The van der Waals surface area contributed by atoms with Crippen LogP contribution in [0.4, 0.5) is 0 Å². The van der Waals surface area contributed by atoms with Crippen molar-refractivity contribution in [3.05, 3.63) is 40.5 Å². The molecule has 0 saturated carbocycles. The van der Waals surface area contributed by atoms with Crippen LogP contribution < -0.4 is 5.32 Å². The van der Waals surface area contributed by atoms with Gasteiger partial charge < -0.3 is 10.2 Å². The third kappa shape index (κ3) is 4.25. The van der Waals surface area contributed by atoms with Crippen molar-refractivity contribution in [3.8, 4) is 0 Å². The summed E-state index contributed by atoms with van der Waals surface area (Å²) in [5.41, 5.74) is 2.32. The van der Waals surface area contributed by atoms with E-state index in [0.717, 1.165) is 23.1 Å². The van der Waals surface area contributed by atoms with Gasteiger partial charge in [-0.15, -0.1) is 0 Å². The fraction of sp³-hybridized carbons (Fsp3) is 0.471. The van der Waals surface area contributed by atoms with Gasteiger partial charge in [0.05, 0.1) is 5.52 Å². The van der Waals surface area contributed by atoms with Crippen LogP contribution >= 0.6 is 15.9 Å². The number of pyridine rings is 1. The van der Waals surface area contributed by atoms with Gasteiger partial charge in [0.15, 0.2) is 0 Å². The van der Waals surface area contributed by atoms with Gasteiger partial charge in [0, 0.05) is 35.2 Å². The molecule has 0 aliphatic carbocycles. The van der Waals surface area contributed by atoms with Crippen molar-refractivity contribution in [1.29, 1.82) is 0 Å². The molecule has 3 nitrogen and oxygen atoms in total. The summed E-state index contributed by atoms with van der Waals surface area (Å²) in [7, 11) is 4.24. The first kappa shape index (κ1) is 16.4. The second kappa shape index (κ2) is 7.34. The van der Waals surface area contributed by atoms with Crippen molar-refractivity contribution in [1.82, 2.24) is 15.2 Å². The molecule has 0 saturated heterocycles. The van der Waals surface area contributed by atoms with Crippen LogP contribution in [0.2, 0.25) is 0 Å². The third-order valence-electron chi connectivity index (χ3n) is 3.72. The van der Waals surface area contributed by atoms with E-state index in [-0.39, 0.29) is 0 Å².